The Labute approximate surface area is 209 Å². The maximum atomic E-state index is 12.9. The van der Waals surface area contributed by atoms with Crippen LogP contribution in [0.3, 0.4) is 0 Å². The fourth-order valence-electron chi connectivity index (χ4n) is 3.73. The van der Waals surface area contributed by atoms with Gasteiger partial charge in [0.25, 0.3) is 0 Å². The van der Waals surface area contributed by atoms with Gasteiger partial charge in [-0.2, -0.15) is 0 Å². The van der Waals surface area contributed by atoms with Crippen LogP contribution >= 0.6 is 11.3 Å². The molecule has 2 heterocycles. The lowest BCUT2D eigenvalue weighted by atomic mass is 9.92. The van der Waals surface area contributed by atoms with Crippen molar-refractivity contribution in [1.29, 1.82) is 0 Å². The van der Waals surface area contributed by atoms with Crippen LogP contribution in [0.4, 0.5) is 15.6 Å². The van der Waals surface area contributed by atoms with Crippen molar-refractivity contribution >= 4 is 34.2 Å². The maximum Gasteiger partial charge on any atom is 0.357 e. The fourth-order valence-corrected chi connectivity index (χ4v) is 4.40. The minimum Gasteiger partial charge on any atom is -0.461 e. The van der Waals surface area contributed by atoms with Gasteiger partial charge in [-0.05, 0) is 42.9 Å². The van der Waals surface area contributed by atoms with Crippen molar-refractivity contribution in [2.24, 2.45) is 17.4 Å². The molecule has 0 unspecified atom stereocenters. The van der Waals surface area contributed by atoms with Gasteiger partial charge >= 0.3 is 12.0 Å². The number of rotatable bonds is 9. The van der Waals surface area contributed by atoms with Crippen LogP contribution in [0.1, 0.15) is 53.8 Å². The fraction of sp³-hybridized carbons (Fsp3) is 0.360. The third kappa shape index (κ3) is 6.41. The first kappa shape index (κ1) is 26.3. The zero-order valence-corrected chi connectivity index (χ0v) is 21.3. The number of ether oxygens (including phenoxy) is 1. The number of benzene rings is 1. The number of pyridine rings is 1. The number of hydrogen-bond acceptors (Lipinski definition) is 8. The Morgan fingerprint density at radius 3 is 2.40 bits per heavy atom. The summed E-state index contributed by atoms with van der Waals surface area (Å²) in [6.07, 6.45) is 0.767. The molecule has 0 saturated carbocycles. The van der Waals surface area contributed by atoms with Gasteiger partial charge in [0.05, 0.1) is 18.0 Å². The van der Waals surface area contributed by atoms with Crippen molar-refractivity contribution in [3.05, 3.63) is 57.9 Å². The summed E-state index contributed by atoms with van der Waals surface area (Å²) in [6, 6.07) is 7.38. The highest BCUT2D eigenvalue weighted by atomic mass is 32.1. The molecule has 9 nitrogen and oxygen atoms in total. The first-order chi connectivity index (χ1) is 16.8. The highest BCUT2D eigenvalue weighted by Gasteiger charge is 2.21. The average molecular weight is 497 g/mol. The summed E-state index contributed by atoms with van der Waals surface area (Å²) in [6.45, 7) is 8.80. The number of nitrogens with one attached hydrogen (secondary N) is 2. The number of carbonyl (C=O) groups is 2. The number of thiazole rings is 1. The molecule has 0 radical (unpaired) electrons. The quantitative estimate of drug-likeness (QED) is 0.320. The molecule has 0 saturated heterocycles. The van der Waals surface area contributed by atoms with E-state index >= 15 is 0 Å². The molecule has 6 N–H and O–H groups in total. The van der Waals surface area contributed by atoms with Crippen LogP contribution in [-0.4, -0.2) is 28.6 Å². The van der Waals surface area contributed by atoms with Crippen molar-refractivity contribution in [1.82, 2.24) is 9.97 Å². The summed E-state index contributed by atoms with van der Waals surface area (Å²) in [4.78, 5) is 33.7. The highest BCUT2D eigenvalue weighted by molar-refractivity contribution is 7.14. The lowest BCUT2D eigenvalue weighted by Crippen LogP contribution is -2.22. The van der Waals surface area contributed by atoms with Crippen LogP contribution < -0.4 is 22.1 Å². The smallest absolute Gasteiger partial charge is 0.357 e. The highest BCUT2D eigenvalue weighted by Crippen LogP contribution is 2.36. The van der Waals surface area contributed by atoms with Crippen LogP contribution in [0.25, 0.3) is 11.1 Å². The summed E-state index contributed by atoms with van der Waals surface area (Å²) < 4.78 is 4.95. The maximum absolute atomic E-state index is 12.9. The van der Waals surface area contributed by atoms with Crippen LogP contribution in [-0.2, 0) is 24.2 Å². The number of anilines is 2. The normalized spacial score (nSPS) is 10.9. The number of amides is 2. The molecule has 0 aliphatic carbocycles. The third-order valence-corrected chi connectivity index (χ3v) is 6.05. The number of nitrogens with zero attached hydrogens (tertiary/aromatic N) is 2. The number of aromatic nitrogens is 2. The molecule has 0 atom stereocenters. The largest absolute Gasteiger partial charge is 0.461 e. The predicted octanol–water partition coefficient (Wildman–Crippen LogP) is 4.45. The summed E-state index contributed by atoms with van der Waals surface area (Å²) in [7, 11) is 0. The molecule has 3 rings (SSSR count). The minimum absolute atomic E-state index is 0.147. The van der Waals surface area contributed by atoms with Gasteiger partial charge in [-0.15, -0.1) is 11.3 Å². The zero-order valence-electron chi connectivity index (χ0n) is 20.5. The second kappa shape index (κ2) is 11.9. The van der Waals surface area contributed by atoms with E-state index in [2.05, 4.69) is 29.5 Å². The Hall–Kier alpha value is -3.34. The van der Waals surface area contributed by atoms with E-state index in [1.54, 1.807) is 6.92 Å². The molecule has 0 spiro atoms. The van der Waals surface area contributed by atoms with Crippen LogP contribution in [0.15, 0.2) is 29.6 Å². The molecular weight excluding hydrogens is 464 g/mol. The van der Waals surface area contributed by atoms with Gasteiger partial charge in [-0.1, -0.05) is 38.1 Å². The van der Waals surface area contributed by atoms with Crippen molar-refractivity contribution in [3.8, 4) is 11.1 Å². The van der Waals surface area contributed by atoms with E-state index in [1.807, 2.05) is 31.2 Å². The summed E-state index contributed by atoms with van der Waals surface area (Å²) in [5.41, 5.74) is 17.9. The van der Waals surface area contributed by atoms with E-state index in [-0.39, 0.29) is 24.0 Å². The van der Waals surface area contributed by atoms with Crippen LogP contribution in [0, 0.1) is 12.8 Å². The SMILES string of the molecule is CCOC(=O)c1csc(NC(=O)Nc2c(C)nc(CC(C)C)c(CN)c2-c2ccc(CN)cc2)n1. The Kier molecular flexibility index (Phi) is 8.91. The predicted molar refractivity (Wildman–Crippen MR) is 139 cm³/mol. The molecule has 0 fully saturated rings. The van der Waals surface area contributed by atoms with Gasteiger partial charge in [0, 0.05) is 29.7 Å². The third-order valence-electron chi connectivity index (χ3n) is 5.30. The number of urea groups is 1. The van der Waals surface area contributed by atoms with Gasteiger partial charge < -0.3 is 21.5 Å². The van der Waals surface area contributed by atoms with E-state index in [0.717, 1.165) is 45.7 Å². The Balaban J connectivity index is 1.98. The Bertz CT molecular complexity index is 1190. The van der Waals surface area contributed by atoms with Gasteiger partial charge in [-0.3, -0.25) is 10.3 Å². The van der Waals surface area contributed by atoms with Crippen molar-refractivity contribution in [2.75, 3.05) is 17.2 Å². The number of hydrogen-bond donors (Lipinski definition) is 4. The van der Waals surface area contributed by atoms with E-state index < -0.39 is 12.0 Å². The van der Waals surface area contributed by atoms with Gasteiger partial charge in [0.1, 0.15) is 0 Å². The monoisotopic (exact) mass is 496 g/mol. The Morgan fingerprint density at radius 2 is 1.80 bits per heavy atom. The molecular formula is C25H32N6O3S. The lowest BCUT2D eigenvalue weighted by Gasteiger charge is -2.21. The van der Waals surface area contributed by atoms with Crippen molar-refractivity contribution in [3.63, 3.8) is 0 Å². The first-order valence-corrected chi connectivity index (χ1v) is 12.4. The molecule has 1 aromatic carbocycles. The van der Waals surface area contributed by atoms with Crippen molar-refractivity contribution in [2.45, 2.75) is 47.2 Å². The van der Waals surface area contributed by atoms with Crippen LogP contribution in [0.5, 0.6) is 0 Å². The topological polar surface area (TPSA) is 145 Å². The van der Waals surface area contributed by atoms with Gasteiger partial charge in [0.2, 0.25) is 0 Å². The second-order valence-electron chi connectivity index (χ2n) is 8.41. The molecule has 35 heavy (non-hydrogen) atoms. The summed E-state index contributed by atoms with van der Waals surface area (Å²) >= 11 is 1.14. The summed E-state index contributed by atoms with van der Waals surface area (Å²) in [5.74, 6) is -0.144. The van der Waals surface area contributed by atoms with E-state index in [9.17, 15) is 9.59 Å². The number of carbonyl (C=O) groups excluding carboxylic acids is 2. The molecule has 10 heteroatoms. The number of nitrogens with two attached hydrogens (primary N) is 2. The van der Waals surface area contributed by atoms with Crippen LogP contribution in [0.2, 0.25) is 0 Å². The van der Waals surface area contributed by atoms with E-state index in [4.69, 9.17) is 21.2 Å². The Morgan fingerprint density at radius 1 is 1.09 bits per heavy atom. The molecule has 0 aliphatic rings. The second-order valence-corrected chi connectivity index (χ2v) is 9.27. The van der Waals surface area contributed by atoms with Gasteiger partial charge in [-0.25, -0.2) is 14.6 Å². The standard InChI is InChI=1S/C25H32N6O3S/c1-5-34-23(32)20-13-35-25(29-20)31-24(33)30-22-15(4)28-19(10-14(2)3)18(12-27)21(22)17-8-6-16(11-26)7-9-17/h6-9,13-14H,5,10-12,26-27H2,1-4H3,(H2,29,30,31,33). The van der Waals surface area contributed by atoms with Crippen molar-refractivity contribution < 1.29 is 14.3 Å². The lowest BCUT2D eigenvalue weighted by molar-refractivity contribution is 0.0520. The molecule has 186 valence electrons. The van der Waals surface area contributed by atoms with E-state index in [1.165, 1.54) is 5.38 Å². The first-order valence-electron chi connectivity index (χ1n) is 11.5. The summed E-state index contributed by atoms with van der Waals surface area (Å²) in [5, 5.41) is 7.44. The minimum atomic E-state index is -0.534. The van der Waals surface area contributed by atoms with E-state index in [0.29, 0.717) is 23.8 Å². The van der Waals surface area contributed by atoms with Gasteiger partial charge in [0.15, 0.2) is 10.8 Å². The molecule has 3 aromatic rings. The molecule has 2 aromatic heterocycles. The average Bonchev–Trinajstić information content (AvgIpc) is 3.29. The number of aryl methyl sites for hydroxylation is 1. The molecule has 2 amide bonds. The number of esters is 1. The zero-order chi connectivity index (χ0) is 25.5. The molecule has 0 aliphatic heterocycles. The molecule has 0 bridgehead atoms.